The van der Waals surface area contributed by atoms with Gasteiger partial charge < -0.3 is 10.6 Å². The van der Waals surface area contributed by atoms with E-state index >= 15 is 0 Å². The molecule has 0 aliphatic heterocycles. The molecule has 0 saturated carbocycles. The molecule has 0 atom stereocenters. The van der Waals surface area contributed by atoms with Gasteiger partial charge in [0.15, 0.2) is 0 Å². The molecule has 0 heterocycles. The summed E-state index contributed by atoms with van der Waals surface area (Å²) >= 11 is 0. The number of amides is 1. The largest absolute Gasteiger partial charge is 0.374 e. The van der Waals surface area contributed by atoms with Gasteiger partial charge in [0.2, 0.25) is 0 Å². The first-order valence-electron chi connectivity index (χ1n) is 3.34. The van der Waals surface area contributed by atoms with Crippen LogP contribution in [0, 0.1) is 0 Å². The minimum atomic E-state index is -0.267. The highest BCUT2D eigenvalue weighted by atomic mass is 16.1. The summed E-state index contributed by atoms with van der Waals surface area (Å²) in [7, 11) is 3.22. The van der Waals surface area contributed by atoms with E-state index in [2.05, 4.69) is 27.2 Å². The standard InChI is InChI=1S/C7H12N4O/c1-6(8-2)11-5-10-4-7(12)9-3/h4-5,8H,1H2,2-3H3,(H,9,12)/b10-4+,11-5-. The highest BCUT2D eigenvalue weighted by Crippen LogP contribution is 1.79. The van der Waals surface area contributed by atoms with Crippen molar-refractivity contribution in [3.05, 3.63) is 12.4 Å². The third-order valence-electron chi connectivity index (χ3n) is 1.01. The van der Waals surface area contributed by atoms with E-state index in [9.17, 15) is 4.79 Å². The van der Waals surface area contributed by atoms with E-state index < -0.39 is 0 Å². The molecule has 0 bridgehead atoms. The van der Waals surface area contributed by atoms with Gasteiger partial charge in [-0.25, -0.2) is 9.98 Å². The van der Waals surface area contributed by atoms with Crippen molar-refractivity contribution in [3.63, 3.8) is 0 Å². The summed E-state index contributed by atoms with van der Waals surface area (Å²) in [6, 6.07) is 0. The van der Waals surface area contributed by atoms with Crippen LogP contribution in [0.15, 0.2) is 22.4 Å². The number of nitrogens with zero attached hydrogens (tertiary/aromatic N) is 2. The second-order valence-corrected chi connectivity index (χ2v) is 1.83. The Morgan fingerprint density at radius 2 is 2.08 bits per heavy atom. The Balaban J connectivity index is 3.81. The molecule has 0 unspecified atom stereocenters. The summed E-state index contributed by atoms with van der Waals surface area (Å²) in [4.78, 5) is 17.9. The van der Waals surface area contributed by atoms with Crippen LogP contribution in [0.5, 0.6) is 0 Å². The average Bonchev–Trinajstić information content (AvgIpc) is 2.11. The first-order valence-corrected chi connectivity index (χ1v) is 3.34. The molecule has 0 rings (SSSR count). The van der Waals surface area contributed by atoms with Crippen LogP contribution in [0.25, 0.3) is 0 Å². The molecule has 0 fully saturated rings. The van der Waals surface area contributed by atoms with E-state index in [1.54, 1.807) is 7.05 Å². The maximum atomic E-state index is 10.6. The minimum Gasteiger partial charge on any atom is -0.374 e. The lowest BCUT2D eigenvalue weighted by Crippen LogP contribution is -2.18. The summed E-state index contributed by atoms with van der Waals surface area (Å²) < 4.78 is 0. The van der Waals surface area contributed by atoms with Gasteiger partial charge in [0, 0.05) is 14.1 Å². The lowest BCUT2D eigenvalue weighted by molar-refractivity contribution is -0.113. The third kappa shape index (κ3) is 5.16. The Labute approximate surface area is 71.3 Å². The minimum absolute atomic E-state index is 0.267. The van der Waals surface area contributed by atoms with Gasteiger partial charge in [0.1, 0.15) is 12.2 Å². The maximum absolute atomic E-state index is 10.6. The van der Waals surface area contributed by atoms with Crippen LogP contribution < -0.4 is 10.6 Å². The molecule has 0 radical (unpaired) electrons. The fourth-order valence-corrected chi connectivity index (χ4v) is 0.333. The number of rotatable bonds is 4. The van der Waals surface area contributed by atoms with Gasteiger partial charge in [-0.3, -0.25) is 4.79 Å². The lowest BCUT2D eigenvalue weighted by atomic mass is 10.7. The fraction of sp³-hybridized carbons (Fsp3) is 0.286. The quantitative estimate of drug-likeness (QED) is 0.440. The monoisotopic (exact) mass is 168 g/mol. The Morgan fingerprint density at radius 1 is 1.42 bits per heavy atom. The van der Waals surface area contributed by atoms with Gasteiger partial charge in [-0.1, -0.05) is 6.58 Å². The molecule has 5 nitrogen and oxygen atoms in total. The first kappa shape index (κ1) is 10.3. The summed E-state index contributed by atoms with van der Waals surface area (Å²) in [6.45, 7) is 3.53. The Morgan fingerprint density at radius 3 is 2.58 bits per heavy atom. The van der Waals surface area contributed by atoms with E-state index in [-0.39, 0.29) is 5.91 Å². The first-order chi connectivity index (χ1) is 5.70. The van der Waals surface area contributed by atoms with Crippen LogP contribution in [0.1, 0.15) is 0 Å². The van der Waals surface area contributed by atoms with E-state index in [0.29, 0.717) is 5.82 Å². The van der Waals surface area contributed by atoms with Crippen LogP contribution in [-0.4, -0.2) is 32.6 Å². The lowest BCUT2D eigenvalue weighted by Gasteiger charge is -1.92. The average molecular weight is 168 g/mol. The predicted octanol–water partition coefficient (Wildman–Crippen LogP) is -0.478. The molecular weight excluding hydrogens is 156 g/mol. The molecular formula is C7H12N4O. The highest BCUT2D eigenvalue weighted by molar-refractivity contribution is 6.27. The molecule has 0 aromatic rings. The van der Waals surface area contributed by atoms with Gasteiger partial charge in [-0.15, -0.1) is 0 Å². The summed E-state index contributed by atoms with van der Waals surface area (Å²) in [6.07, 6.45) is 2.38. The molecule has 66 valence electrons. The summed E-state index contributed by atoms with van der Waals surface area (Å²) in [5.74, 6) is 0.223. The van der Waals surface area contributed by atoms with Crippen molar-refractivity contribution in [2.75, 3.05) is 14.1 Å². The van der Waals surface area contributed by atoms with Crippen molar-refractivity contribution in [3.8, 4) is 0 Å². The Kier molecular flexibility index (Phi) is 5.25. The van der Waals surface area contributed by atoms with Crippen molar-refractivity contribution in [1.82, 2.24) is 10.6 Å². The molecule has 5 heteroatoms. The molecule has 1 amide bonds. The fourth-order valence-electron chi connectivity index (χ4n) is 0.333. The predicted molar refractivity (Wildman–Crippen MR) is 49.3 cm³/mol. The molecule has 0 aromatic carbocycles. The normalized spacial score (nSPS) is 10.5. The van der Waals surface area contributed by atoms with E-state index in [1.165, 1.54) is 13.4 Å². The zero-order valence-corrected chi connectivity index (χ0v) is 7.16. The summed E-state index contributed by atoms with van der Waals surface area (Å²) in [5.41, 5.74) is 0. The second kappa shape index (κ2) is 6.09. The second-order valence-electron chi connectivity index (χ2n) is 1.83. The van der Waals surface area contributed by atoms with Crippen LogP contribution in [0.3, 0.4) is 0 Å². The van der Waals surface area contributed by atoms with Gasteiger partial charge in [-0.2, -0.15) is 0 Å². The number of hydrogen-bond donors (Lipinski definition) is 2. The SMILES string of the molecule is C=C(/N=C\N=C\C(=O)NC)NC. The molecule has 0 aliphatic carbocycles. The van der Waals surface area contributed by atoms with Crippen molar-refractivity contribution in [1.29, 1.82) is 0 Å². The van der Waals surface area contributed by atoms with Crippen LogP contribution in [-0.2, 0) is 4.79 Å². The molecule has 12 heavy (non-hydrogen) atoms. The van der Waals surface area contributed by atoms with Crippen LogP contribution >= 0.6 is 0 Å². The van der Waals surface area contributed by atoms with Crippen molar-refractivity contribution < 1.29 is 4.79 Å². The number of aliphatic imine (C=N–C) groups is 2. The zero-order valence-electron chi connectivity index (χ0n) is 7.16. The molecule has 0 aliphatic rings. The Bertz CT molecular complexity index is 195. The summed E-state index contributed by atoms with van der Waals surface area (Å²) in [5, 5.41) is 5.08. The van der Waals surface area contributed by atoms with Gasteiger partial charge in [-0.05, 0) is 0 Å². The van der Waals surface area contributed by atoms with Crippen molar-refractivity contribution in [2.45, 2.75) is 0 Å². The van der Waals surface area contributed by atoms with Gasteiger partial charge >= 0.3 is 0 Å². The van der Waals surface area contributed by atoms with E-state index in [0.717, 1.165) is 6.21 Å². The molecule has 2 N–H and O–H groups in total. The number of carbonyl (C=O) groups is 1. The van der Waals surface area contributed by atoms with Crippen molar-refractivity contribution in [2.24, 2.45) is 9.98 Å². The molecule has 0 spiro atoms. The highest BCUT2D eigenvalue weighted by Gasteiger charge is 1.85. The Hall–Kier alpha value is -1.65. The number of carbonyl (C=O) groups excluding carboxylic acids is 1. The van der Waals surface area contributed by atoms with E-state index in [4.69, 9.17) is 0 Å². The van der Waals surface area contributed by atoms with Gasteiger partial charge in [0.25, 0.3) is 5.91 Å². The number of hydrogen-bond acceptors (Lipinski definition) is 3. The third-order valence-corrected chi connectivity index (χ3v) is 1.01. The van der Waals surface area contributed by atoms with Gasteiger partial charge in [0.05, 0.1) is 6.21 Å². The topological polar surface area (TPSA) is 65.8 Å². The smallest absolute Gasteiger partial charge is 0.262 e. The molecule has 0 aromatic heterocycles. The van der Waals surface area contributed by atoms with Crippen LogP contribution in [0.2, 0.25) is 0 Å². The van der Waals surface area contributed by atoms with Crippen molar-refractivity contribution >= 4 is 18.5 Å². The zero-order chi connectivity index (χ0) is 9.40. The number of nitrogens with one attached hydrogen (secondary N) is 2. The molecule has 0 saturated heterocycles. The maximum Gasteiger partial charge on any atom is 0.262 e. The van der Waals surface area contributed by atoms with Crippen LogP contribution in [0.4, 0.5) is 0 Å². The van der Waals surface area contributed by atoms with E-state index in [1.807, 2.05) is 0 Å².